The number of thiophene rings is 1. The molecular formula is C19H15ClN2O5S. The number of nitrogens with zero attached hydrogens (tertiary/aromatic N) is 1. The number of hydrogen-bond acceptors (Lipinski definition) is 6. The molecule has 0 saturated carbocycles. The number of benzene rings is 2. The summed E-state index contributed by atoms with van der Waals surface area (Å²) in [6.07, 6.45) is 0. The maximum Gasteiger partial charge on any atom is 0.269 e. The lowest BCUT2D eigenvalue weighted by Crippen LogP contribution is -2.10. The summed E-state index contributed by atoms with van der Waals surface area (Å²) in [5.74, 6) is 0.782. The number of nitro benzene ring substituents is 1. The number of rotatable bonds is 7. The number of ether oxygens (including phenoxy) is 2. The molecule has 7 nitrogen and oxygen atoms in total. The summed E-state index contributed by atoms with van der Waals surface area (Å²) in [6, 6.07) is 12.5. The first kappa shape index (κ1) is 19.7. The SMILES string of the molecule is COc1ccc(NC(=O)c2cc(COc3ccc([N+](=O)[O-])cc3)cs2)cc1Cl. The average molecular weight is 419 g/mol. The molecule has 0 unspecified atom stereocenters. The lowest BCUT2D eigenvalue weighted by atomic mass is 10.2. The molecule has 0 aliphatic carbocycles. The minimum absolute atomic E-state index is 0.000441. The van der Waals surface area contributed by atoms with E-state index in [1.807, 2.05) is 5.38 Å². The third-order valence-electron chi connectivity index (χ3n) is 3.74. The number of hydrogen-bond donors (Lipinski definition) is 1. The molecule has 28 heavy (non-hydrogen) atoms. The highest BCUT2D eigenvalue weighted by Gasteiger charge is 2.12. The Bertz CT molecular complexity index is 1000. The van der Waals surface area contributed by atoms with Gasteiger partial charge in [0.25, 0.3) is 11.6 Å². The number of amides is 1. The molecule has 0 saturated heterocycles. The summed E-state index contributed by atoms with van der Waals surface area (Å²) >= 11 is 7.35. The van der Waals surface area contributed by atoms with Crippen molar-refractivity contribution in [2.45, 2.75) is 6.61 Å². The van der Waals surface area contributed by atoms with Gasteiger partial charge in [0.2, 0.25) is 0 Å². The van der Waals surface area contributed by atoms with Crippen molar-refractivity contribution in [3.8, 4) is 11.5 Å². The van der Waals surface area contributed by atoms with E-state index < -0.39 is 4.92 Å². The van der Waals surface area contributed by atoms with Crippen LogP contribution in [0.3, 0.4) is 0 Å². The van der Waals surface area contributed by atoms with Gasteiger partial charge in [0.1, 0.15) is 18.1 Å². The Kier molecular flexibility index (Phi) is 6.13. The summed E-state index contributed by atoms with van der Waals surface area (Å²) in [7, 11) is 1.52. The molecule has 0 bridgehead atoms. The molecule has 2 aromatic carbocycles. The summed E-state index contributed by atoms with van der Waals surface area (Å²) in [5, 5.41) is 15.7. The highest BCUT2D eigenvalue weighted by Crippen LogP contribution is 2.28. The van der Waals surface area contributed by atoms with Gasteiger partial charge < -0.3 is 14.8 Å². The van der Waals surface area contributed by atoms with E-state index in [-0.39, 0.29) is 18.2 Å². The fraction of sp³-hybridized carbons (Fsp3) is 0.105. The highest BCUT2D eigenvalue weighted by molar-refractivity contribution is 7.12. The van der Waals surface area contributed by atoms with Crippen LogP contribution in [0.2, 0.25) is 5.02 Å². The maximum atomic E-state index is 12.4. The first-order valence-electron chi connectivity index (χ1n) is 8.06. The molecule has 0 aliphatic rings. The molecule has 3 aromatic rings. The Morgan fingerprint density at radius 1 is 1.21 bits per heavy atom. The van der Waals surface area contributed by atoms with E-state index >= 15 is 0 Å². The lowest BCUT2D eigenvalue weighted by Gasteiger charge is -2.07. The summed E-state index contributed by atoms with van der Waals surface area (Å²) in [5.41, 5.74) is 1.38. The van der Waals surface area contributed by atoms with E-state index in [1.54, 1.807) is 24.3 Å². The third kappa shape index (κ3) is 4.79. The Morgan fingerprint density at radius 2 is 1.96 bits per heavy atom. The lowest BCUT2D eigenvalue weighted by molar-refractivity contribution is -0.384. The van der Waals surface area contributed by atoms with Crippen LogP contribution in [0.1, 0.15) is 15.2 Å². The maximum absolute atomic E-state index is 12.4. The van der Waals surface area contributed by atoms with Crippen molar-refractivity contribution < 1.29 is 19.2 Å². The number of nitrogens with one attached hydrogen (secondary N) is 1. The summed E-state index contributed by atoms with van der Waals surface area (Å²) < 4.78 is 10.7. The monoisotopic (exact) mass is 418 g/mol. The molecule has 3 rings (SSSR count). The van der Waals surface area contributed by atoms with Crippen molar-refractivity contribution in [2.75, 3.05) is 12.4 Å². The van der Waals surface area contributed by atoms with E-state index in [4.69, 9.17) is 21.1 Å². The van der Waals surface area contributed by atoms with Gasteiger partial charge >= 0.3 is 0 Å². The highest BCUT2D eigenvalue weighted by atomic mass is 35.5. The number of carbonyl (C=O) groups excluding carboxylic acids is 1. The van der Waals surface area contributed by atoms with Crippen molar-refractivity contribution in [1.29, 1.82) is 0 Å². The van der Waals surface area contributed by atoms with Gasteiger partial charge in [0.15, 0.2) is 0 Å². The number of non-ortho nitro benzene ring substituents is 1. The van der Waals surface area contributed by atoms with Crippen LogP contribution in [0.4, 0.5) is 11.4 Å². The molecule has 9 heteroatoms. The number of carbonyl (C=O) groups is 1. The van der Waals surface area contributed by atoms with Crippen molar-refractivity contribution in [1.82, 2.24) is 0 Å². The van der Waals surface area contributed by atoms with Gasteiger partial charge in [0, 0.05) is 23.4 Å². The standard InChI is InChI=1S/C19H15ClN2O5S/c1-26-17-7-2-13(9-16(17)20)21-19(23)18-8-12(11-28-18)10-27-15-5-3-14(4-6-15)22(24)25/h2-9,11H,10H2,1H3,(H,21,23). The first-order valence-corrected chi connectivity index (χ1v) is 9.31. The van der Waals surface area contributed by atoms with E-state index in [9.17, 15) is 14.9 Å². The van der Waals surface area contributed by atoms with Crippen LogP contribution < -0.4 is 14.8 Å². The number of halogens is 1. The predicted molar refractivity (Wildman–Crippen MR) is 108 cm³/mol. The minimum Gasteiger partial charge on any atom is -0.495 e. The third-order valence-corrected chi connectivity index (χ3v) is 5.01. The van der Waals surface area contributed by atoms with Crippen LogP contribution in [0.15, 0.2) is 53.9 Å². The number of anilines is 1. The topological polar surface area (TPSA) is 90.7 Å². The van der Waals surface area contributed by atoms with Gasteiger partial charge in [-0.15, -0.1) is 11.3 Å². The second kappa shape index (κ2) is 8.73. The zero-order valence-corrected chi connectivity index (χ0v) is 16.3. The molecule has 1 N–H and O–H groups in total. The molecule has 144 valence electrons. The van der Waals surface area contributed by atoms with E-state index in [2.05, 4.69) is 5.32 Å². The molecule has 1 heterocycles. The average Bonchev–Trinajstić information content (AvgIpc) is 3.16. The Labute approximate surface area is 169 Å². The molecule has 0 radical (unpaired) electrons. The van der Waals surface area contributed by atoms with Crippen molar-refractivity contribution in [3.63, 3.8) is 0 Å². The van der Waals surface area contributed by atoms with Gasteiger partial charge in [-0.25, -0.2) is 0 Å². The van der Waals surface area contributed by atoms with Crippen LogP contribution in [0.25, 0.3) is 0 Å². The smallest absolute Gasteiger partial charge is 0.269 e. The quantitative estimate of drug-likeness (QED) is 0.423. The second-order valence-corrected chi connectivity index (χ2v) is 6.98. The Hall–Kier alpha value is -3.10. The van der Waals surface area contributed by atoms with Gasteiger partial charge in [-0.05, 0) is 41.8 Å². The number of methoxy groups -OCH3 is 1. The summed E-state index contributed by atoms with van der Waals surface area (Å²) in [6.45, 7) is 0.246. The zero-order valence-electron chi connectivity index (χ0n) is 14.7. The zero-order chi connectivity index (χ0) is 20.1. The van der Waals surface area contributed by atoms with E-state index in [0.717, 1.165) is 5.56 Å². The molecular weight excluding hydrogens is 404 g/mol. The molecule has 1 aromatic heterocycles. The van der Waals surface area contributed by atoms with Crippen molar-refractivity contribution >= 4 is 40.2 Å². The Balaban J connectivity index is 1.59. The van der Waals surface area contributed by atoms with Gasteiger partial charge in [-0.1, -0.05) is 11.6 Å². The molecule has 1 amide bonds. The normalized spacial score (nSPS) is 10.4. The summed E-state index contributed by atoms with van der Waals surface area (Å²) in [4.78, 5) is 23.1. The van der Waals surface area contributed by atoms with Crippen LogP contribution in [0, 0.1) is 10.1 Å². The van der Waals surface area contributed by atoms with Crippen molar-refractivity contribution in [3.05, 3.63) is 79.5 Å². The fourth-order valence-electron chi connectivity index (χ4n) is 2.34. The molecule has 0 atom stereocenters. The van der Waals surface area contributed by atoms with E-state index in [1.165, 1.54) is 42.7 Å². The van der Waals surface area contributed by atoms with Crippen LogP contribution in [0.5, 0.6) is 11.5 Å². The molecule has 0 spiro atoms. The van der Waals surface area contributed by atoms with Crippen LogP contribution >= 0.6 is 22.9 Å². The largest absolute Gasteiger partial charge is 0.495 e. The first-order chi connectivity index (χ1) is 13.5. The van der Waals surface area contributed by atoms with Crippen molar-refractivity contribution in [2.24, 2.45) is 0 Å². The minimum atomic E-state index is -0.469. The fourth-order valence-corrected chi connectivity index (χ4v) is 3.39. The molecule has 0 fully saturated rings. The van der Waals surface area contributed by atoms with Gasteiger partial charge in [-0.3, -0.25) is 14.9 Å². The number of nitro groups is 1. The predicted octanol–water partition coefficient (Wildman–Crippen LogP) is 5.15. The van der Waals surface area contributed by atoms with Crippen LogP contribution in [-0.4, -0.2) is 17.9 Å². The van der Waals surface area contributed by atoms with Gasteiger partial charge in [0.05, 0.1) is 21.9 Å². The van der Waals surface area contributed by atoms with Crippen LogP contribution in [-0.2, 0) is 6.61 Å². The van der Waals surface area contributed by atoms with Gasteiger partial charge in [-0.2, -0.15) is 0 Å². The van der Waals surface area contributed by atoms with E-state index in [0.29, 0.717) is 27.1 Å². The second-order valence-electron chi connectivity index (χ2n) is 5.66. The molecule has 0 aliphatic heterocycles. The Morgan fingerprint density at radius 3 is 2.61 bits per heavy atom.